The summed E-state index contributed by atoms with van der Waals surface area (Å²) in [7, 11) is 1.76. The summed E-state index contributed by atoms with van der Waals surface area (Å²) in [5.74, 6) is 0.645. The Bertz CT molecular complexity index is 375. The van der Waals surface area contributed by atoms with Crippen LogP contribution in [0.1, 0.15) is 45.7 Å². The van der Waals surface area contributed by atoms with Gasteiger partial charge in [0.1, 0.15) is 0 Å². The molecule has 0 amide bonds. The van der Waals surface area contributed by atoms with Gasteiger partial charge in [0.25, 0.3) is 0 Å². The third-order valence-electron chi connectivity index (χ3n) is 3.61. The van der Waals surface area contributed by atoms with Crippen molar-refractivity contribution in [3.63, 3.8) is 0 Å². The standard InChI is InChI=1S/C18H32N2O/c1-6-11-19-16(4)17-7-9-18(10-8-17)20(12-13-21-5)14-15(2)3/h7-10,15-16,19H,6,11-14H2,1-5H3. The third kappa shape index (κ3) is 6.49. The van der Waals surface area contributed by atoms with Crippen LogP contribution in [0.3, 0.4) is 0 Å². The first-order chi connectivity index (χ1) is 10.1. The van der Waals surface area contributed by atoms with E-state index in [9.17, 15) is 0 Å². The minimum absolute atomic E-state index is 0.413. The zero-order valence-corrected chi connectivity index (χ0v) is 14.4. The van der Waals surface area contributed by atoms with Crippen LogP contribution in [0.5, 0.6) is 0 Å². The second kappa shape index (κ2) is 9.80. The Kier molecular flexibility index (Phi) is 8.40. The van der Waals surface area contributed by atoms with Crippen LogP contribution in [0.15, 0.2) is 24.3 Å². The number of nitrogens with one attached hydrogen (secondary N) is 1. The smallest absolute Gasteiger partial charge is 0.0637 e. The number of rotatable bonds is 10. The van der Waals surface area contributed by atoms with Gasteiger partial charge in [-0.15, -0.1) is 0 Å². The van der Waals surface area contributed by atoms with Crippen molar-refractivity contribution in [1.82, 2.24) is 5.32 Å². The van der Waals surface area contributed by atoms with E-state index < -0.39 is 0 Å². The molecule has 0 spiro atoms. The van der Waals surface area contributed by atoms with E-state index in [4.69, 9.17) is 4.74 Å². The number of hydrogen-bond donors (Lipinski definition) is 1. The van der Waals surface area contributed by atoms with Crippen molar-refractivity contribution >= 4 is 5.69 Å². The Morgan fingerprint density at radius 2 is 1.81 bits per heavy atom. The lowest BCUT2D eigenvalue weighted by Gasteiger charge is -2.27. The first-order valence-corrected chi connectivity index (χ1v) is 8.15. The fraction of sp³-hybridized carbons (Fsp3) is 0.667. The summed E-state index contributed by atoms with van der Waals surface area (Å²) in [5, 5.41) is 3.53. The van der Waals surface area contributed by atoms with Gasteiger partial charge in [-0.3, -0.25) is 0 Å². The highest BCUT2D eigenvalue weighted by atomic mass is 16.5. The molecule has 0 aliphatic carbocycles. The maximum absolute atomic E-state index is 5.23. The lowest BCUT2D eigenvalue weighted by molar-refractivity contribution is 0.204. The Balaban J connectivity index is 2.71. The third-order valence-corrected chi connectivity index (χ3v) is 3.61. The summed E-state index contributed by atoms with van der Waals surface area (Å²) in [4.78, 5) is 2.40. The van der Waals surface area contributed by atoms with Gasteiger partial charge in [-0.05, 0) is 43.5 Å². The van der Waals surface area contributed by atoms with E-state index in [2.05, 4.69) is 62.2 Å². The minimum Gasteiger partial charge on any atom is -0.383 e. The van der Waals surface area contributed by atoms with Crippen LogP contribution >= 0.6 is 0 Å². The minimum atomic E-state index is 0.413. The van der Waals surface area contributed by atoms with Crippen molar-refractivity contribution in [3.05, 3.63) is 29.8 Å². The molecule has 0 bridgehead atoms. The lowest BCUT2D eigenvalue weighted by Crippen LogP contribution is -2.31. The SMILES string of the molecule is CCCNC(C)c1ccc(N(CCOC)CC(C)C)cc1. The van der Waals surface area contributed by atoms with Crippen molar-refractivity contribution in [2.24, 2.45) is 5.92 Å². The number of hydrogen-bond acceptors (Lipinski definition) is 3. The van der Waals surface area contributed by atoms with Gasteiger partial charge in [0, 0.05) is 31.9 Å². The van der Waals surface area contributed by atoms with Gasteiger partial charge in [-0.1, -0.05) is 32.9 Å². The molecule has 1 N–H and O–H groups in total. The Morgan fingerprint density at radius 1 is 1.14 bits per heavy atom. The normalized spacial score (nSPS) is 12.7. The van der Waals surface area contributed by atoms with Crippen molar-refractivity contribution in [2.45, 2.75) is 40.2 Å². The molecule has 1 aromatic rings. The molecule has 0 fully saturated rings. The number of methoxy groups -OCH3 is 1. The molecule has 0 aromatic heterocycles. The number of ether oxygens (including phenoxy) is 1. The van der Waals surface area contributed by atoms with Crippen molar-refractivity contribution in [3.8, 4) is 0 Å². The second-order valence-electron chi connectivity index (χ2n) is 6.10. The van der Waals surface area contributed by atoms with E-state index in [0.717, 1.165) is 26.2 Å². The summed E-state index contributed by atoms with van der Waals surface area (Å²) in [5.41, 5.74) is 2.63. The quantitative estimate of drug-likeness (QED) is 0.709. The fourth-order valence-electron chi connectivity index (χ4n) is 2.42. The predicted octanol–water partition coefficient (Wildman–Crippen LogP) is 3.86. The van der Waals surface area contributed by atoms with Gasteiger partial charge in [0.05, 0.1) is 6.61 Å². The maximum atomic E-state index is 5.23. The molecule has 0 aliphatic heterocycles. The van der Waals surface area contributed by atoms with E-state index >= 15 is 0 Å². The molecule has 21 heavy (non-hydrogen) atoms. The van der Waals surface area contributed by atoms with E-state index in [1.165, 1.54) is 17.7 Å². The van der Waals surface area contributed by atoms with Crippen LogP contribution in [-0.2, 0) is 4.74 Å². The molecule has 0 saturated carbocycles. The van der Waals surface area contributed by atoms with Gasteiger partial charge < -0.3 is 15.0 Å². The van der Waals surface area contributed by atoms with Crippen LogP contribution < -0.4 is 10.2 Å². The van der Waals surface area contributed by atoms with Gasteiger partial charge in [-0.2, -0.15) is 0 Å². The van der Waals surface area contributed by atoms with Gasteiger partial charge in [-0.25, -0.2) is 0 Å². The Morgan fingerprint density at radius 3 is 2.33 bits per heavy atom. The van der Waals surface area contributed by atoms with Crippen LogP contribution in [-0.4, -0.2) is 33.4 Å². The molecule has 3 nitrogen and oxygen atoms in total. The highest BCUT2D eigenvalue weighted by Crippen LogP contribution is 2.20. The van der Waals surface area contributed by atoms with E-state index in [-0.39, 0.29) is 0 Å². The zero-order valence-electron chi connectivity index (χ0n) is 14.4. The molecule has 1 atom stereocenters. The first-order valence-electron chi connectivity index (χ1n) is 8.15. The average molecular weight is 292 g/mol. The summed E-state index contributed by atoms with van der Waals surface area (Å²) in [6, 6.07) is 9.36. The molecule has 0 heterocycles. The second-order valence-corrected chi connectivity index (χ2v) is 6.10. The summed E-state index contributed by atoms with van der Waals surface area (Å²) in [6.45, 7) is 12.8. The summed E-state index contributed by atoms with van der Waals surface area (Å²) < 4.78 is 5.23. The molecule has 1 aromatic carbocycles. The van der Waals surface area contributed by atoms with Gasteiger partial charge >= 0.3 is 0 Å². The van der Waals surface area contributed by atoms with Crippen LogP contribution in [0.4, 0.5) is 5.69 Å². The lowest BCUT2D eigenvalue weighted by atomic mass is 10.1. The topological polar surface area (TPSA) is 24.5 Å². The molecule has 0 radical (unpaired) electrons. The summed E-state index contributed by atoms with van der Waals surface area (Å²) in [6.07, 6.45) is 1.17. The van der Waals surface area contributed by atoms with Gasteiger partial charge in [0.15, 0.2) is 0 Å². The predicted molar refractivity (Wildman–Crippen MR) is 92.1 cm³/mol. The van der Waals surface area contributed by atoms with Crippen LogP contribution in [0.2, 0.25) is 0 Å². The number of anilines is 1. The molecule has 0 saturated heterocycles. The largest absolute Gasteiger partial charge is 0.383 e. The number of nitrogens with zero attached hydrogens (tertiary/aromatic N) is 1. The van der Waals surface area contributed by atoms with E-state index in [1.54, 1.807) is 7.11 Å². The Hall–Kier alpha value is -1.06. The monoisotopic (exact) mass is 292 g/mol. The molecule has 1 rings (SSSR count). The Labute approximate surface area is 130 Å². The maximum Gasteiger partial charge on any atom is 0.0637 e. The first kappa shape index (κ1) is 18.0. The van der Waals surface area contributed by atoms with Crippen molar-refractivity contribution < 1.29 is 4.74 Å². The zero-order chi connectivity index (χ0) is 15.7. The van der Waals surface area contributed by atoms with Crippen molar-refractivity contribution in [1.29, 1.82) is 0 Å². The fourth-order valence-corrected chi connectivity index (χ4v) is 2.42. The van der Waals surface area contributed by atoms with Crippen LogP contribution in [0, 0.1) is 5.92 Å². The van der Waals surface area contributed by atoms with Crippen molar-refractivity contribution in [2.75, 3.05) is 38.3 Å². The van der Waals surface area contributed by atoms with E-state index in [1.807, 2.05) is 0 Å². The molecule has 1 unspecified atom stereocenters. The average Bonchev–Trinajstić information content (AvgIpc) is 2.49. The molecule has 0 aliphatic rings. The van der Waals surface area contributed by atoms with E-state index in [0.29, 0.717) is 12.0 Å². The molecular formula is C18H32N2O. The summed E-state index contributed by atoms with van der Waals surface area (Å²) >= 11 is 0. The van der Waals surface area contributed by atoms with Crippen LogP contribution in [0.25, 0.3) is 0 Å². The molecular weight excluding hydrogens is 260 g/mol. The molecule has 3 heteroatoms. The number of benzene rings is 1. The molecule has 120 valence electrons. The highest BCUT2D eigenvalue weighted by Gasteiger charge is 2.10. The highest BCUT2D eigenvalue weighted by molar-refractivity contribution is 5.48. The van der Waals surface area contributed by atoms with Gasteiger partial charge in [0.2, 0.25) is 0 Å².